The topological polar surface area (TPSA) is 58.1 Å². The van der Waals surface area contributed by atoms with Gasteiger partial charge >= 0.3 is 0 Å². The van der Waals surface area contributed by atoms with Crippen LogP contribution in [0.25, 0.3) is 0 Å². The van der Waals surface area contributed by atoms with E-state index >= 15 is 0 Å². The van der Waals surface area contributed by atoms with Gasteiger partial charge in [0.05, 0.1) is 0 Å². The van der Waals surface area contributed by atoms with E-state index in [9.17, 15) is 4.79 Å². The molecule has 5 heteroatoms. The lowest BCUT2D eigenvalue weighted by atomic mass is 9.94. The van der Waals surface area contributed by atoms with Gasteiger partial charge in [0.1, 0.15) is 5.82 Å². The minimum absolute atomic E-state index is 0.0255. The molecule has 19 heavy (non-hydrogen) atoms. The van der Waals surface area contributed by atoms with E-state index in [0.29, 0.717) is 17.6 Å². The molecular formula is C14H22N4O. The zero-order chi connectivity index (χ0) is 13.7. The van der Waals surface area contributed by atoms with Crippen LogP contribution in [0.4, 0.5) is 5.82 Å². The summed E-state index contributed by atoms with van der Waals surface area (Å²) >= 11 is 0. The molecule has 1 aromatic heterocycles. The summed E-state index contributed by atoms with van der Waals surface area (Å²) in [5.74, 6) is 0.682. The Bertz CT molecular complexity index is 412. The number of hydrogen-bond acceptors (Lipinski definition) is 4. The van der Waals surface area contributed by atoms with Crippen LogP contribution in [0.2, 0.25) is 0 Å². The minimum Gasteiger partial charge on any atom is -0.369 e. The molecule has 1 aromatic rings. The number of amides is 1. The Balaban J connectivity index is 2.01. The molecule has 5 nitrogen and oxygen atoms in total. The van der Waals surface area contributed by atoms with E-state index in [1.54, 1.807) is 12.1 Å². The van der Waals surface area contributed by atoms with Gasteiger partial charge in [0.25, 0.3) is 5.91 Å². The summed E-state index contributed by atoms with van der Waals surface area (Å²) in [5.41, 5.74) is 0.426. The van der Waals surface area contributed by atoms with Crippen LogP contribution in [0.5, 0.6) is 0 Å². The van der Waals surface area contributed by atoms with Gasteiger partial charge < -0.3 is 10.2 Å². The Morgan fingerprint density at radius 2 is 2.05 bits per heavy atom. The van der Waals surface area contributed by atoms with Crippen LogP contribution in [-0.4, -0.2) is 40.6 Å². The molecule has 1 N–H and O–H groups in total. The van der Waals surface area contributed by atoms with E-state index in [0.717, 1.165) is 19.4 Å². The smallest absolute Gasteiger partial charge is 0.274 e. The molecule has 0 saturated heterocycles. The quantitative estimate of drug-likeness (QED) is 0.904. The monoisotopic (exact) mass is 262 g/mol. The summed E-state index contributed by atoms with van der Waals surface area (Å²) in [6.45, 7) is 2.79. The molecule has 0 atom stereocenters. The summed E-state index contributed by atoms with van der Waals surface area (Å²) in [4.78, 5) is 14.1. The highest BCUT2D eigenvalue weighted by Gasteiger charge is 2.23. The lowest BCUT2D eigenvalue weighted by Gasteiger charge is -2.30. The fourth-order valence-corrected chi connectivity index (χ4v) is 2.54. The van der Waals surface area contributed by atoms with Gasteiger partial charge in [-0.05, 0) is 31.9 Å². The second kappa shape index (κ2) is 6.50. The van der Waals surface area contributed by atoms with Gasteiger partial charge in [0.15, 0.2) is 5.69 Å². The molecular weight excluding hydrogens is 240 g/mol. The Morgan fingerprint density at radius 1 is 1.32 bits per heavy atom. The maximum absolute atomic E-state index is 12.3. The molecule has 2 rings (SSSR count). The van der Waals surface area contributed by atoms with Crippen molar-refractivity contribution in [3.63, 3.8) is 0 Å². The first-order chi connectivity index (χ1) is 9.22. The number of rotatable bonds is 4. The van der Waals surface area contributed by atoms with Gasteiger partial charge in [-0.2, -0.15) is 0 Å². The fourth-order valence-electron chi connectivity index (χ4n) is 2.54. The Labute approximate surface area is 114 Å². The highest BCUT2D eigenvalue weighted by atomic mass is 16.2. The second-order valence-corrected chi connectivity index (χ2v) is 5.04. The highest BCUT2D eigenvalue weighted by molar-refractivity contribution is 5.92. The van der Waals surface area contributed by atoms with Crippen molar-refractivity contribution in [2.45, 2.75) is 45.1 Å². The molecule has 0 radical (unpaired) electrons. The normalized spacial score (nSPS) is 16.1. The van der Waals surface area contributed by atoms with Gasteiger partial charge in [0.2, 0.25) is 0 Å². The van der Waals surface area contributed by atoms with Gasteiger partial charge in [-0.25, -0.2) is 0 Å². The van der Waals surface area contributed by atoms with Gasteiger partial charge in [-0.1, -0.05) is 19.3 Å². The van der Waals surface area contributed by atoms with Crippen molar-refractivity contribution in [2.75, 3.05) is 18.9 Å². The minimum atomic E-state index is -0.0255. The van der Waals surface area contributed by atoms with E-state index in [1.807, 2.05) is 18.9 Å². The molecule has 104 valence electrons. The molecule has 0 aromatic carbocycles. The first-order valence-corrected chi connectivity index (χ1v) is 7.07. The van der Waals surface area contributed by atoms with Gasteiger partial charge in [-0.3, -0.25) is 4.79 Å². The average Bonchev–Trinajstić information content (AvgIpc) is 2.48. The van der Waals surface area contributed by atoms with Crippen LogP contribution in [0.3, 0.4) is 0 Å². The molecule has 0 aliphatic heterocycles. The summed E-state index contributed by atoms with van der Waals surface area (Å²) in [5, 5.41) is 11.1. The van der Waals surface area contributed by atoms with Crippen LogP contribution in [0, 0.1) is 0 Å². The maximum Gasteiger partial charge on any atom is 0.274 e. The van der Waals surface area contributed by atoms with Gasteiger partial charge in [-0.15, -0.1) is 10.2 Å². The molecule has 1 saturated carbocycles. The van der Waals surface area contributed by atoms with Crippen molar-refractivity contribution in [1.82, 2.24) is 15.1 Å². The first-order valence-electron chi connectivity index (χ1n) is 7.07. The van der Waals surface area contributed by atoms with Crippen molar-refractivity contribution >= 4 is 11.7 Å². The first kappa shape index (κ1) is 13.8. The molecule has 0 bridgehead atoms. The predicted molar refractivity (Wildman–Crippen MR) is 75.2 cm³/mol. The van der Waals surface area contributed by atoms with E-state index < -0.39 is 0 Å². The lowest BCUT2D eigenvalue weighted by molar-refractivity contribution is 0.0689. The van der Waals surface area contributed by atoms with Crippen molar-refractivity contribution in [2.24, 2.45) is 0 Å². The third-order valence-electron chi connectivity index (χ3n) is 3.68. The molecule has 1 aliphatic carbocycles. The maximum atomic E-state index is 12.3. The fraction of sp³-hybridized carbons (Fsp3) is 0.643. The highest BCUT2D eigenvalue weighted by Crippen LogP contribution is 2.22. The third-order valence-corrected chi connectivity index (χ3v) is 3.68. The summed E-state index contributed by atoms with van der Waals surface area (Å²) in [6, 6.07) is 3.90. The van der Waals surface area contributed by atoms with Crippen LogP contribution < -0.4 is 5.32 Å². The zero-order valence-electron chi connectivity index (χ0n) is 11.7. The number of carbonyl (C=O) groups excluding carboxylic acids is 1. The Kier molecular flexibility index (Phi) is 4.71. The summed E-state index contributed by atoms with van der Waals surface area (Å²) in [7, 11) is 1.87. The summed E-state index contributed by atoms with van der Waals surface area (Å²) < 4.78 is 0. The Morgan fingerprint density at radius 3 is 2.63 bits per heavy atom. The van der Waals surface area contributed by atoms with Crippen molar-refractivity contribution in [3.05, 3.63) is 17.8 Å². The van der Waals surface area contributed by atoms with Gasteiger partial charge in [0, 0.05) is 19.6 Å². The van der Waals surface area contributed by atoms with Crippen molar-refractivity contribution in [1.29, 1.82) is 0 Å². The molecule has 1 amide bonds. The number of anilines is 1. The molecule has 1 fully saturated rings. The van der Waals surface area contributed by atoms with E-state index in [1.165, 1.54) is 19.3 Å². The van der Waals surface area contributed by atoms with E-state index in [4.69, 9.17) is 0 Å². The van der Waals surface area contributed by atoms with E-state index in [-0.39, 0.29) is 5.91 Å². The SMILES string of the molecule is CCNc1ccc(C(=O)N(C)C2CCCCC2)nn1. The average molecular weight is 262 g/mol. The van der Waals surface area contributed by atoms with Crippen LogP contribution in [0.1, 0.15) is 49.5 Å². The Hall–Kier alpha value is -1.65. The van der Waals surface area contributed by atoms with Crippen LogP contribution >= 0.6 is 0 Å². The summed E-state index contributed by atoms with van der Waals surface area (Å²) in [6.07, 6.45) is 5.92. The molecule has 1 heterocycles. The largest absolute Gasteiger partial charge is 0.369 e. The number of hydrogen-bond donors (Lipinski definition) is 1. The predicted octanol–water partition coefficient (Wildman–Crippen LogP) is 2.31. The number of nitrogens with zero attached hydrogens (tertiary/aromatic N) is 3. The number of carbonyl (C=O) groups is 1. The third kappa shape index (κ3) is 3.43. The van der Waals surface area contributed by atoms with Crippen LogP contribution in [-0.2, 0) is 0 Å². The standard InChI is InChI=1S/C14H22N4O/c1-3-15-13-10-9-12(16-17-13)14(19)18(2)11-7-5-4-6-8-11/h9-11H,3-8H2,1-2H3,(H,15,17). The number of nitrogens with one attached hydrogen (secondary N) is 1. The van der Waals surface area contributed by atoms with Crippen molar-refractivity contribution < 1.29 is 4.79 Å². The van der Waals surface area contributed by atoms with Crippen molar-refractivity contribution in [3.8, 4) is 0 Å². The zero-order valence-corrected chi connectivity index (χ0v) is 11.7. The van der Waals surface area contributed by atoms with E-state index in [2.05, 4.69) is 15.5 Å². The van der Waals surface area contributed by atoms with Crippen LogP contribution in [0.15, 0.2) is 12.1 Å². The number of aromatic nitrogens is 2. The molecule has 0 spiro atoms. The second-order valence-electron chi connectivity index (χ2n) is 5.04. The molecule has 0 unspecified atom stereocenters. The lowest BCUT2D eigenvalue weighted by Crippen LogP contribution is -2.38. The molecule has 1 aliphatic rings.